The van der Waals surface area contributed by atoms with Crippen LogP contribution in [0.2, 0.25) is 0 Å². The molecule has 0 amide bonds. The van der Waals surface area contributed by atoms with Crippen LogP contribution < -0.4 is 5.46 Å². The minimum absolute atomic E-state index is 0.280. The normalized spacial score (nSPS) is 19.1. The van der Waals surface area contributed by atoms with Crippen molar-refractivity contribution >= 4 is 24.7 Å². The average Bonchev–Trinajstić information content (AvgIpc) is 2.75. The van der Waals surface area contributed by atoms with E-state index in [0.717, 1.165) is 16.6 Å². The van der Waals surface area contributed by atoms with Gasteiger partial charge in [0.05, 0.1) is 11.2 Å². The summed E-state index contributed by atoms with van der Waals surface area (Å²) in [7, 11) is -0.341. The van der Waals surface area contributed by atoms with Crippen molar-refractivity contribution in [3.8, 4) is 5.75 Å². The summed E-state index contributed by atoms with van der Waals surface area (Å²) in [5.41, 5.74) is 2.20. The summed E-state index contributed by atoms with van der Waals surface area (Å²) >= 11 is 0. The molecule has 0 spiro atoms. The SMILES string of the molecule is CC1(C)OB(c2ccc(C=Cc3ccccc3O)cc2)OC1(C)C. The standard InChI is InChI=1S/C20H23BO3/c1-19(2)20(3,4)24-21(23-19)17-13-10-15(11-14-17)9-12-16-7-5-6-8-18(16)22/h5-14,22H,1-4H3. The molecule has 3 rings (SSSR count). The predicted octanol–water partition coefficient (Wildman–Crippen LogP) is 3.86. The van der Waals surface area contributed by atoms with E-state index in [2.05, 4.69) is 27.7 Å². The fraction of sp³-hybridized carbons (Fsp3) is 0.300. The van der Waals surface area contributed by atoms with Crippen molar-refractivity contribution in [1.82, 2.24) is 0 Å². The van der Waals surface area contributed by atoms with E-state index < -0.39 is 0 Å². The number of hydrogen-bond acceptors (Lipinski definition) is 3. The van der Waals surface area contributed by atoms with Crippen LogP contribution in [0.5, 0.6) is 5.75 Å². The van der Waals surface area contributed by atoms with Gasteiger partial charge in [-0.1, -0.05) is 54.6 Å². The van der Waals surface area contributed by atoms with E-state index in [0.29, 0.717) is 0 Å². The van der Waals surface area contributed by atoms with E-state index in [1.54, 1.807) is 6.07 Å². The van der Waals surface area contributed by atoms with Crippen molar-refractivity contribution in [2.24, 2.45) is 0 Å². The maximum absolute atomic E-state index is 9.79. The van der Waals surface area contributed by atoms with Crippen molar-refractivity contribution in [2.45, 2.75) is 38.9 Å². The molecule has 0 aromatic heterocycles. The number of benzene rings is 2. The van der Waals surface area contributed by atoms with E-state index in [4.69, 9.17) is 9.31 Å². The molecule has 1 saturated heterocycles. The maximum atomic E-state index is 9.79. The van der Waals surface area contributed by atoms with Gasteiger partial charge in [0, 0.05) is 5.56 Å². The first-order chi connectivity index (χ1) is 11.3. The van der Waals surface area contributed by atoms with E-state index in [-0.39, 0.29) is 24.1 Å². The minimum Gasteiger partial charge on any atom is -0.507 e. The summed E-state index contributed by atoms with van der Waals surface area (Å²) in [6, 6.07) is 15.4. The third-order valence-electron chi connectivity index (χ3n) is 4.85. The highest BCUT2D eigenvalue weighted by atomic mass is 16.7. The van der Waals surface area contributed by atoms with Crippen molar-refractivity contribution in [2.75, 3.05) is 0 Å². The van der Waals surface area contributed by atoms with Gasteiger partial charge >= 0.3 is 7.12 Å². The molecule has 1 fully saturated rings. The Kier molecular flexibility index (Phi) is 4.28. The lowest BCUT2D eigenvalue weighted by molar-refractivity contribution is 0.00578. The Balaban J connectivity index is 1.74. The van der Waals surface area contributed by atoms with Crippen LogP contribution >= 0.6 is 0 Å². The van der Waals surface area contributed by atoms with E-state index in [9.17, 15) is 5.11 Å². The van der Waals surface area contributed by atoms with Crippen molar-refractivity contribution < 1.29 is 14.4 Å². The van der Waals surface area contributed by atoms with Gasteiger partial charge in [-0.05, 0) is 44.8 Å². The molecule has 2 aromatic rings. The topological polar surface area (TPSA) is 38.7 Å². The van der Waals surface area contributed by atoms with Crippen LogP contribution in [0, 0.1) is 0 Å². The molecule has 0 unspecified atom stereocenters. The summed E-state index contributed by atoms with van der Waals surface area (Å²) in [6.45, 7) is 8.21. The van der Waals surface area contributed by atoms with Crippen LogP contribution in [0.15, 0.2) is 48.5 Å². The second-order valence-electron chi connectivity index (χ2n) is 7.15. The first-order valence-electron chi connectivity index (χ1n) is 8.20. The highest BCUT2D eigenvalue weighted by Crippen LogP contribution is 2.36. The smallest absolute Gasteiger partial charge is 0.494 e. The molecule has 1 heterocycles. The Morgan fingerprint density at radius 2 is 1.42 bits per heavy atom. The molecule has 1 aliphatic heterocycles. The number of phenols is 1. The summed E-state index contributed by atoms with van der Waals surface area (Å²) < 4.78 is 12.1. The lowest BCUT2D eigenvalue weighted by Gasteiger charge is -2.32. The van der Waals surface area contributed by atoms with Gasteiger partial charge < -0.3 is 14.4 Å². The molecule has 0 radical (unpaired) electrons. The first kappa shape index (κ1) is 16.8. The second kappa shape index (κ2) is 6.12. The lowest BCUT2D eigenvalue weighted by atomic mass is 9.79. The number of aromatic hydroxyl groups is 1. The van der Waals surface area contributed by atoms with Gasteiger partial charge in [0.1, 0.15) is 5.75 Å². The lowest BCUT2D eigenvalue weighted by Crippen LogP contribution is -2.41. The molecule has 1 N–H and O–H groups in total. The Morgan fingerprint density at radius 1 is 0.833 bits per heavy atom. The molecule has 2 aromatic carbocycles. The third-order valence-corrected chi connectivity index (χ3v) is 4.85. The van der Waals surface area contributed by atoms with Gasteiger partial charge in [0.15, 0.2) is 0 Å². The van der Waals surface area contributed by atoms with Crippen LogP contribution in [0.4, 0.5) is 0 Å². The molecule has 0 bridgehead atoms. The summed E-state index contributed by atoms with van der Waals surface area (Å²) in [5.74, 6) is 0.280. The zero-order valence-electron chi connectivity index (χ0n) is 14.6. The summed E-state index contributed by atoms with van der Waals surface area (Å²) in [4.78, 5) is 0. The fourth-order valence-electron chi connectivity index (χ4n) is 2.56. The van der Waals surface area contributed by atoms with Gasteiger partial charge in [-0.15, -0.1) is 0 Å². The molecule has 1 aliphatic rings. The van der Waals surface area contributed by atoms with Gasteiger partial charge in [-0.3, -0.25) is 0 Å². The Labute approximate surface area is 144 Å². The number of hydrogen-bond donors (Lipinski definition) is 1. The first-order valence-corrected chi connectivity index (χ1v) is 8.20. The average molecular weight is 322 g/mol. The fourth-order valence-corrected chi connectivity index (χ4v) is 2.56. The largest absolute Gasteiger partial charge is 0.507 e. The number of rotatable bonds is 3. The van der Waals surface area contributed by atoms with Gasteiger partial charge in [-0.25, -0.2) is 0 Å². The van der Waals surface area contributed by atoms with Gasteiger partial charge in [-0.2, -0.15) is 0 Å². The summed E-state index contributed by atoms with van der Waals surface area (Å²) in [6.07, 6.45) is 3.88. The zero-order valence-corrected chi connectivity index (χ0v) is 14.6. The monoisotopic (exact) mass is 322 g/mol. The van der Waals surface area contributed by atoms with Crippen molar-refractivity contribution in [3.63, 3.8) is 0 Å². The van der Waals surface area contributed by atoms with Crippen LogP contribution in [0.1, 0.15) is 38.8 Å². The highest BCUT2D eigenvalue weighted by molar-refractivity contribution is 6.62. The van der Waals surface area contributed by atoms with Crippen LogP contribution in [0.25, 0.3) is 12.2 Å². The minimum atomic E-state index is -0.341. The van der Waals surface area contributed by atoms with E-state index >= 15 is 0 Å². The second-order valence-corrected chi connectivity index (χ2v) is 7.15. The molecule has 24 heavy (non-hydrogen) atoms. The van der Waals surface area contributed by atoms with E-state index in [1.165, 1.54) is 0 Å². The predicted molar refractivity (Wildman–Crippen MR) is 99.2 cm³/mol. The Hall–Kier alpha value is -2.04. The maximum Gasteiger partial charge on any atom is 0.494 e. The molecule has 0 aliphatic carbocycles. The Morgan fingerprint density at radius 3 is 2.00 bits per heavy atom. The highest BCUT2D eigenvalue weighted by Gasteiger charge is 2.51. The molecule has 3 nitrogen and oxygen atoms in total. The van der Waals surface area contributed by atoms with E-state index in [1.807, 2.05) is 54.6 Å². The van der Waals surface area contributed by atoms with Crippen molar-refractivity contribution in [1.29, 1.82) is 0 Å². The summed E-state index contributed by atoms with van der Waals surface area (Å²) in [5, 5.41) is 9.79. The quantitative estimate of drug-likeness (QED) is 0.689. The van der Waals surface area contributed by atoms with Crippen LogP contribution in [0.3, 0.4) is 0 Å². The van der Waals surface area contributed by atoms with Crippen LogP contribution in [-0.2, 0) is 9.31 Å². The van der Waals surface area contributed by atoms with Crippen molar-refractivity contribution in [3.05, 3.63) is 59.7 Å². The van der Waals surface area contributed by atoms with Gasteiger partial charge in [0.25, 0.3) is 0 Å². The van der Waals surface area contributed by atoms with Crippen LogP contribution in [-0.4, -0.2) is 23.4 Å². The third kappa shape index (κ3) is 3.26. The molecule has 0 saturated carbocycles. The molecule has 124 valence electrons. The molecule has 4 heteroatoms. The van der Waals surface area contributed by atoms with Gasteiger partial charge in [0.2, 0.25) is 0 Å². The zero-order chi connectivity index (χ0) is 17.4. The molecular weight excluding hydrogens is 299 g/mol. The Bertz CT molecular complexity index is 732. The number of phenolic OH excluding ortho intramolecular Hbond substituents is 1. The molecule has 0 atom stereocenters. The number of para-hydroxylation sites is 1. The molecular formula is C20H23BO3.